The van der Waals surface area contributed by atoms with Crippen molar-refractivity contribution in [2.75, 3.05) is 85.6 Å². The first-order chi connectivity index (χ1) is 32.9. The van der Waals surface area contributed by atoms with Crippen LogP contribution >= 0.6 is 0 Å². The Balaban J connectivity index is 1.38. The molecule has 1 saturated carbocycles. The van der Waals surface area contributed by atoms with Crippen molar-refractivity contribution in [3.05, 3.63) is 35.4 Å². The second kappa shape index (κ2) is 33.6. The number of urea groups is 1. The number of hydrogen-bond acceptors (Lipinski definition) is 13. The molecule has 1 aromatic carbocycles. The smallest absolute Gasteiger partial charge is 0.329 e. The average molecular weight is 980 g/mol. The first-order valence-corrected chi connectivity index (χ1v) is 23.5. The zero-order chi connectivity index (χ0) is 50.9. The first-order valence-electron chi connectivity index (χ1n) is 23.5. The number of hydrogen-bond donors (Lipinski definition) is 10. The van der Waals surface area contributed by atoms with Crippen LogP contribution in [0.4, 0.5) is 4.79 Å². The molecule has 1 aromatic rings. The van der Waals surface area contributed by atoms with Gasteiger partial charge in [-0.15, -0.1) is 0 Å². The lowest BCUT2D eigenvalue weighted by atomic mass is 9.96. The van der Waals surface area contributed by atoms with Gasteiger partial charge in [-0.25, -0.2) is 14.4 Å². The molecule has 7 amide bonds. The summed E-state index contributed by atoms with van der Waals surface area (Å²) in [5.74, 6) is -5.24. The number of carboxylic acids is 3. The molecule has 2 rings (SSSR count). The third-order valence-electron chi connectivity index (χ3n) is 10.9. The predicted octanol–water partition coefficient (Wildman–Crippen LogP) is 1.33. The van der Waals surface area contributed by atoms with E-state index in [4.69, 9.17) is 24.1 Å². The van der Waals surface area contributed by atoms with Gasteiger partial charge in [-0.3, -0.25) is 28.8 Å². The zero-order valence-corrected chi connectivity index (χ0v) is 39.9. The van der Waals surface area contributed by atoms with E-state index in [2.05, 4.69) is 44.1 Å². The second-order valence-corrected chi connectivity index (χ2v) is 17.2. The van der Waals surface area contributed by atoms with Gasteiger partial charge in [0.1, 0.15) is 11.6 Å². The van der Waals surface area contributed by atoms with Gasteiger partial charge in [0.25, 0.3) is 11.8 Å². The van der Waals surface area contributed by atoms with E-state index in [-0.39, 0.29) is 55.0 Å². The lowest BCUT2D eigenvalue weighted by Gasteiger charge is -2.26. The summed E-state index contributed by atoms with van der Waals surface area (Å²) in [6.45, 7) is 7.60. The van der Waals surface area contributed by atoms with Crippen molar-refractivity contribution in [3.63, 3.8) is 0 Å². The molecule has 0 spiro atoms. The van der Waals surface area contributed by atoms with E-state index in [0.717, 1.165) is 39.0 Å². The van der Waals surface area contributed by atoms with Crippen LogP contribution in [0, 0.1) is 5.41 Å². The van der Waals surface area contributed by atoms with Crippen molar-refractivity contribution in [2.24, 2.45) is 5.41 Å². The molecule has 1 aliphatic rings. The number of ether oxygens (including phenoxy) is 4. The highest BCUT2D eigenvalue weighted by Gasteiger charge is 2.39. The summed E-state index contributed by atoms with van der Waals surface area (Å²) in [6.07, 6.45) is 5.49. The Morgan fingerprint density at radius 2 is 1.03 bits per heavy atom. The number of aliphatic carboxylic acids is 3. The quantitative estimate of drug-likeness (QED) is 0.0415. The Kier molecular flexibility index (Phi) is 28.8. The van der Waals surface area contributed by atoms with Crippen molar-refractivity contribution in [1.82, 2.24) is 37.2 Å². The van der Waals surface area contributed by atoms with Crippen LogP contribution in [-0.2, 0) is 47.7 Å². The van der Waals surface area contributed by atoms with Crippen LogP contribution in [-0.4, -0.2) is 166 Å². The molecule has 2 atom stereocenters. The number of carbonyl (C=O) groups is 9. The Labute approximate surface area is 402 Å². The number of carbonyl (C=O) groups excluding carboxylic acids is 6. The van der Waals surface area contributed by atoms with Gasteiger partial charge in [0.2, 0.25) is 17.7 Å². The van der Waals surface area contributed by atoms with Crippen molar-refractivity contribution in [3.8, 4) is 0 Å². The number of amides is 7. The predicted molar refractivity (Wildman–Crippen MR) is 248 cm³/mol. The first kappa shape index (κ1) is 59.2. The van der Waals surface area contributed by atoms with Crippen molar-refractivity contribution in [2.45, 2.75) is 109 Å². The molecular weight excluding hydrogens is 907 g/mol. The van der Waals surface area contributed by atoms with Crippen LogP contribution in [0.2, 0.25) is 0 Å². The molecule has 23 nitrogen and oxygen atoms in total. The van der Waals surface area contributed by atoms with E-state index >= 15 is 0 Å². The molecule has 0 heterocycles. The summed E-state index contributed by atoms with van der Waals surface area (Å²) in [4.78, 5) is 107. The lowest BCUT2D eigenvalue weighted by Crippen LogP contribution is -2.57. The normalized spacial score (nSPS) is 13.7. The minimum Gasteiger partial charge on any atom is -0.481 e. The molecule has 1 fully saturated rings. The topological polar surface area (TPSA) is 335 Å². The number of rotatable bonds is 40. The largest absolute Gasteiger partial charge is 0.481 e. The van der Waals surface area contributed by atoms with Crippen molar-refractivity contribution in [1.29, 1.82) is 0 Å². The van der Waals surface area contributed by atoms with E-state index in [1.807, 2.05) is 0 Å². The Morgan fingerprint density at radius 3 is 1.51 bits per heavy atom. The molecule has 0 unspecified atom stereocenters. The van der Waals surface area contributed by atoms with Gasteiger partial charge in [-0.1, -0.05) is 26.2 Å². The molecule has 0 aliphatic heterocycles. The average Bonchev–Trinajstić information content (AvgIpc) is 4.04. The van der Waals surface area contributed by atoms with Crippen LogP contribution in [0.25, 0.3) is 0 Å². The molecule has 10 N–H and O–H groups in total. The van der Waals surface area contributed by atoms with E-state index in [9.17, 15) is 53.4 Å². The number of unbranched alkanes of at least 4 members (excludes halogenated alkanes) is 4. The maximum absolute atomic E-state index is 12.5. The van der Waals surface area contributed by atoms with E-state index < -0.39 is 54.3 Å². The molecule has 69 heavy (non-hydrogen) atoms. The van der Waals surface area contributed by atoms with E-state index in [1.165, 1.54) is 0 Å². The van der Waals surface area contributed by atoms with Crippen LogP contribution in [0.5, 0.6) is 0 Å². The Bertz CT molecular complexity index is 1800. The summed E-state index contributed by atoms with van der Waals surface area (Å²) in [7, 11) is 0. The summed E-state index contributed by atoms with van der Waals surface area (Å²) in [5, 5.41) is 45.8. The zero-order valence-electron chi connectivity index (χ0n) is 39.9. The summed E-state index contributed by atoms with van der Waals surface area (Å²) in [6, 6.07) is 3.66. The number of benzene rings is 1. The van der Waals surface area contributed by atoms with Gasteiger partial charge in [0.15, 0.2) is 0 Å². The van der Waals surface area contributed by atoms with Gasteiger partial charge in [0.05, 0.1) is 52.9 Å². The van der Waals surface area contributed by atoms with Crippen molar-refractivity contribution < 1.29 is 77.4 Å². The fourth-order valence-electron chi connectivity index (χ4n) is 6.36. The highest BCUT2D eigenvalue weighted by atomic mass is 16.5. The van der Waals surface area contributed by atoms with Gasteiger partial charge >= 0.3 is 23.9 Å². The van der Waals surface area contributed by atoms with E-state index in [1.54, 1.807) is 24.3 Å². The van der Waals surface area contributed by atoms with Gasteiger partial charge in [-0.2, -0.15) is 0 Å². The fourth-order valence-corrected chi connectivity index (χ4v) is 6.36. The maximum atomic E-state index is 12.5. The number of nitrogens with one attached hydrogen (secondary N) is 7. The molecule has 23 heteroatoms. The van der Waals surface area contributed by atoms with Crippen molar-refractivity contribution >= 4 is 53.5 Å². The van der Waals surface area contributed by atoms with Gasteiger partial charge < -0.3 is 71.5 Å². The third kappa shape index (κ3) is 28.2. The summed E-state index contributed by atoms with van der Waals surface area (Å²) in [5.41, 5.74) is -0.964. The standard InChI is InChI=1S/C46H73N7O16/c1-45(17-18-45)32-38(56)49-21-25-67-29-31-69-27-23-51-41(60)34-11-9-33(10-12-34)40(59)50-22-26-68-30-28-66-24-20-48-36(54)8-6-4-3-5-7-19-47-37(55)14-13-35(42(61)62)52-44(65)53-46(2,43(63)64)16-15-39(57)58/h9-12,35H,3-8,13-32H2,1-2H3,(H,47,55)(H,48,54)(H,49,56)(H,50,59)(H,51,60)(H,57,58)(H,61,62)(H,63,64)(H2,52,53,65)/t35-,46-/m0/s1. The Morgan fingerprint density at radius 1 is 0.580 bits per heavy atom. The SMILES string of the molecule is CC1(CC(=O)NCCOCCOCCNC(=O)c2ccc(C(=O)NCCOCCOCCNC(=O)CCCCCCCNC(=O)CC[C@H](NC(=O)N[C@@](C)(CCC(=O)O)C(=O)O)C(=O)O)cc2)CC1. The molecule has 1 aliphatic carbocycles. The van der Waals surface area contributed by atoms with Crippen LogP contribution in [0.3, 0.4) is 0 Å². The molecule has 0 saturated heterocycles. The second-order valence-electron chi connectivity index (χ2n) is 17.2. The van der Waals surface area contributed by atoms with Gasteiger partial charge in [0, 0.05) is 69.5 Å². The van der Waals surface area contributed by atoms with Crippen LogP contribution < -0.4 is 37.2 Å². The Hall–Kier alpha value is -5.91. The minimum absolute atomic E-state index is 0.0544. The fraction of sp³-hybridized carbons (Fsp3) is 0.674. The monoisotopic (exact) mass is 980 g/mol. The number of carboxylic acid groups (broad SMARTS) is 3. The van der Waals surface area contributed by atoms with E-state index in [0.29, 0.717) is 109 Å². The van der Waals surface area contributed by atoms with Crippen LogP contribution in [0.1, 0.15) is 118 Å². The molecule has 0 bridgehead atoms. The summed E-state index contributed by atoms with van der Waals surface area (Å²) < 4.78 is 21.9. The summed E-state index contributed by atoms with van der Waals surface area (Å²) >= 11 is 0. The molecular formula is C46H73N7O16. The van der Waals surface area contributed by atoms with Crippen LogP contribution in [0.15, 0.2) is 24.3 Å². The molecule has 0 radical (unpaired) electrons. The molecule has 0 aromatic heterocycles. The highest BCUT2D eigenvalue weighted by molar-refractivity contribution is 5.97. The van der Waals surface area contributed by atoms with Gasteiger partial charge in [-0.05, 0) is 75.1 Å². The lowest BCUT2D eigenvalue weighted by molar-refractivity contribution is -0.145. The maximum Gasteiger partial charge on any atom is 0.329 e. The highest BCUT2D eigenvalue weighted by Crippen LogP contribution is 2.47. The minimum atomic E-state index is -1.95. The molecule has 388 valence electrons. The third-order valence-corrected chi connectivity index (χ3v) is 10.9.